The van der Waals surface area contributed by atoms with E-state index >= 15 is 0 Å². The van der Waals surface area contributed by atoms with E-state index in [0.29, 0.717) is 29.1 Å². The van der Waals surface area contributed by atoms with Gasteiger partial charge in [0.15, 0.2) is 0 Å². The van der Waals surface area contributed by atoms with E-state index in [0.717, 1.165) is 44.2 Å². The molecule has 4 rings (SSSR count). The zero-order valence-electron chi connectivity index (χ0n) is 17.7. The van der Waals surface area contributed by atoms with Gasteiger partial charge in [-0.3, -0.25) is 9.59 Å². The van der Waals surface area contributed by atoms with Crippen molar-refractivity contribution in [3.8, 4) is 0 Å². The van der Waals surface area contributed by atoms with Crippen LogP contribution in [0.25, 0.3) is 0 Å². The largest absolute Gasteiger partial charge is 0.481 e. The van der Waals surface area contributed by atoms with Crippen LogP contribution in [0, 0.1) is 34.5 Å². The van der Waals surface area contributed by atoms with Crippen molar-refractivity contribution in [2.24, 2.45) is 39.7 Å². The highest BCUT2D eigenvalue weighted by Gasteiger charge is 2.59. The van der Waals surface area contributed by atoms with Gasteiger partial charge in [-0.05, 0) is 86.9 Å². The summed E-state index contributed by atoms with van der Waals surface area (Å²) >= 11 is 0. The molecule has 0 bridgehead atoms. The van der Waals surface area contributed by atoms with Gasteiger partial charge in [0.1, 0.15) is 6.10 Å². The quantitative estimate of drug-likeness (QED) is 0.404. The molecule has 0 aliphatic heterocycles. The third kappa shape index (κ3) is 3.46. The van der Waals surface area contributed by atoms with E-state index in [2.05, 4.69) is 19.0 Å². The van der Waals surface area contributed by atoms with Crippen LogP contribution < -0.4 is 0 Å². The number of carbonyl (C=O) groups excluding carboxylic acids is 1. The Balaban J connectivity index is 1.42. The van der Waals surface area contributed by atoms with E-state index < -0.39 is 5.97 Å². The zero-order chi connectivity index (χ0) is 20.8. The van der Waals surface area contributed by atoms with Crippen molar-refractivity contribution in [3.05, 3.63) is 0 Å². The Morgan fingerprint density at radius 3 is 2.59 bits per heavy atom. The number of carboxylic acid groups (broad SMARTS) is 1. The summed E-state index contributed by atoms with van der Waals surface area (Å²) in [5.41, 5.74) is 1.40. The summed E-state index contributed by atoms with van der Waals surface area (Å²) in [5.74, 6) is 1.31. The molecule has 0 aromatic heterocycles. The highest BCUT2D eigenvalue weighted by atomic mass is 16.5. The van der Waals surface area contributed by atoms with Crippen LogP contribution in [0.2, 0.25) is 0 Å². The number of hydrogen-bond donors (Lipinski definition) is 2. The Bertz CT molecular complexity index is 705. The number of esters is 1. The van der Waals surface area contributed by atoms with Gasteiger partial charge < -0.3 is 15.1 Å². The molecule has 0 aromatic carbocycles. The second-order valence-corrected chi connectivity index (χ2v) is 10.5. The first-order valence-corrected chi connectivity index (χ1v) is 11.4. The molecule has 0 aromatic rings. The van der Waals surface area contributed by atoms with Crippen LogP contribution in [0.5, 0.6) is 0 Å². The maximum Gasteiger partial charge on any atom is 0.306 e. The number of nitrogens with zero attached hydrogens (tertiary/aromatic N) is 1. The standard InChI is InChI=1S/C23H35NO5/c1-22-11-9-15(29-21(27)8-7-20(25)26)13-14(22)3-4-16-17-5-6-19(24-28)23(17,2)12-10-18(16)22/h14-18,28H,3-13H2,1-2H3,(H,25,26)/b24-19-/t14-,15+,16-,17-,18-,22-,23-/m0/s1. The minimum atomic E-state index is -0.956. The highest BCUT2D eigenvalue weighted by Crippen LogP contribution is 2.65. The smallest absolute Gasteiger partial charge is 0.306 e. The molecule has 29 heavy (non-hydrogen) atoms. The molecule has 6 heteroatoms. The average Bonchev–Trinajstić information content (AvgIpc) is 3.03. The van der Waals surface area contributed by atoms with Gasteiger partial charge >= 0.3 is 11.9 Å². The van der Waals surface area contributed by atoms with Gasteiger partial charge in [-0.15, -0.1) is 0 Å². The molecule has 6 nitrogen and oxygen atoms in total. The fraction of sp³-hybridized carbons (Fsp3) is 0.870. The van der Waals surface area contributed by atoms with E-state index in [1.54, 1.807) is 0 Å². The molecule has 0 spiro atoms. The maximum absolute atomic E-state index is 12.0. The molecule has 0 unspecified atom stereocenters. The molecule has 4 aliphatic rings. The summed E-state index contributed by atoms with van der Waals surface area (Å²) in [4.78, 5) is 22.7. The molecule has 4 aliphatic carbocycles. The van der Waals surface area contributed by atoms with Gasteiger partial charge in [-0.25, -0.2) is 0 Å². The summed E-state index contributed by atoms with van der Waals surface area (Å²) in [7, 11) is 0. The number of carbonyl (C=O) groups is 2. The first kappa shape index (κ1) is 20.7. The lowest BCUT2D eigenvalue weighted by atomic mass is 9.45. The first-order valence-electron chi connectivity index (χ1n) is 11.4. The van der Waals surface area contributed by atoms with E-state index in [9.17, 15) is 14.8 Å². The molecule has 0 heterocycles. The zero-order valence-corrected chi connectivity index (χ0v) is 17.7. The summed E-state index contributed by atoms with van der Waals surface area (Å²) in [5, 5.41) is 21.9. The fourth-order valence-corrected chi connectivity index (χ4v) is 7.73. The average molecular weight is 406 g/mol. The van der Waals surface area contributed by atoms with E-state index in [1.807, 2.05) is 0 Å². The summed E-state index contributed by atoms with van der Waals surface area (Å²) in [6.45, 7) is 4.79. The van der Waals surface area contributed by atoms with Crippen molar-refractivity contribution in [1.82, 2.24) is 0 Å². The molecule has 162 valence electrons. The molecule has 7 atom stereocenters. The van der Waals surface area contributed by atoms with E-state index in [1.165, 1.54) is 19.3 Å². The molecule has 4 fully saturated rings. The van der Waals surface area contributed by atoms with Crippen LogP contribution in [0.3, 0.4) is 0 Å². The molecule has 0 amide bonds. The number of fused-ring (bicyclic) bond motifs is 5. The Morgan fingerprint density at radius 2 is 1.86 bits per heavy atom. The van der Waals surface area contributed by atoms with Crippen molar-refractivity contribution in [2.75, 3.05) is 0 Å². The SMILES string of the molecule is C[C@]12CC[C@@H](OC(=O)CCC(=O)O)C[C@@H]1CC[C@@H]1[C@@H]2CC[C@]2(C)/C(=N\O)CC[C@@H]12. The molecule has 2 N–H and O–H groups in total. The van der Waals surface area contributed by atoms with Crippen LogP contribution in [-0.2, 0) is 14.3 Å². The van der Waals surface area contributed by atoms with Crippen LogP contribution in [-0.4, -0.2) is 34.1 Å². The Hall–Kier alpha value is -1.59. The lowest BCUT2D eigenvalue weighted by Crippen LogP contribution is -2.54. The van der Waals surface area contributed by atoms with Crippen molar-refractivity contribution < 1.29 is 24.6 Å². The highest BCUT2D eigenvalue weighted by molar-refractivity contribution is 5.92. The van der Waals surface area contributed by atoms with Crippen LogP contribution >= 0.6 is 0 Å². The molecule has 0 saturated heterocycles. The normalized spacial score (nSPS) is 45.2. The van der Waals surface area contributed by atoms with Crippen molar-refractivity contribution in [3.63, 3.8) is 0 Å². The number of rotatable bonds is 4. The van der Waals surface area contributed by atoms with Gasteiger partial charge in [0.05, 0.1) is 18.6 Å². The lowest BCUT2D eigenvalue weighted by Gasteiger charge is -2.60. The fourth-order valence-electron chi connectivity index (χ4n) is 7.73. The monoisotopic (exact) mass is 405 g/mol. The topological polar surface area (TPSA) is 96.2 Å². The van der Waals surface area contributed by atoms with Crippen molar-refractivity contribution in [2.45, 2.75) is 90.6 Å². The summed E-state index contributed by atoms with van der Waals surface area (Å²) in [6.07, 6.45) is 9.47. The Kier molecular flexibility index (Phi) is 5.41. The van der Waals surface area contributed by atoms with Crippen molar-refractivity contribution in [1.29, 1.82) is 0 Å². The van der Waals surface area contributed by atoms with Crippen LogP contribution in [0.15, 0.2) is 5.16 Å². The summed E-state index contributed by atoms with van der Waals surface area (Å²) < 4.78 is 5.64. The number of ether oxygens (including phenoxy) is 1. The van der Waals surface area contributed by atoms with Crippen LogP contribution in [0.4, 0.5) is 0 Å². The molecular weight excluding hydrogens is 370 g/mol. The third-order valence-electron chi connectivity index (χ3n) is 9.32. The maximum atomic E-state index is 12.0. The number of aliphatic carboxylic acids is 1. The van der Waals surface area contributed by atoms with Crippen LogP contribution in [0.1, 0.15) is 84.5 Å². The van der Waals surface area contributed by atoms with Crippen molar-refractivity contribution >= 4 is 17.7 Å². The van der Waals surface area contributed by atoms with E-state index in [4.69, 9.17) is 9.84 Å². The third-order valence-corrected chi connectivity index (χ3v) is 9.32. The molecule has 4 saturated carbocycles. The number of oxime groups is 1. The minimum Gasteiger partial charge on any atom is -0.481 e. The molecular formula is C23H35NO5. The van der Waals surface area contributed by atoms with Gasteiger partial charge in [0.25, 0.3) is 0 Å². The van der Waals surface area contributed by atoms with Gasteiger partial charge in [-0.2, -0.15) is 0 Å². The van der Waals surface area contributed by atoms with Gasteiger partial charge in [0, 0.05) is 5.41 Å². The van der Waals surface area contributed by atoms with Gasteiger partial charge in [0.2, 0.25) is 0 Å². The van der Waals surface area contributed by atoms with Gasteiger partial charge in [-0.1, -0.05) is 19.0 Å². The summed E-state index contributed by atoms with van der Waals surface area (Å²) in [6, 6.07) is 0. The predicted octanol–water partition coefficient (Wildman–Crippen LogP) is 4.64. The Morgan fingerprint density at radius 1 is 1.07 bits per heavy atom. The lowest BCUT2D eigenvalue weighted by molar-refractivity contribution is -0.162. The first-order chi connectivity index (χ1) is 13.8. The minimum absolute atomic E-state index is 0.0343. The van der Waals surface area contributed by atoms with E-state index in [-0.39, 0.29) is 30.3 Å². The second-order valence-electron chi connectivity index (χ2n) is 10.5. The number of carboxylic acids is 1. The Labute approximate surface area is 173 Å². The predicted molar refractivity (Wildman–Crippen MR) is 108 cm³/mol. The second kappa shape index (κ2) is 7.59. The molecule has 0 radical (unpaired) electrons. The number of hydrogen-bond acceptors (Lipinski definition) is 5.